The van der Waals surface area contributed by atoms with Crippen LogP contribution in [0.1, 0.15) is 58.2 Å². The number of pyridine rings is 1. The summed E-state index contributed by atoms with van der Waals surface area (Å²) in [7, 11) is 0. The average Bonchev–Trinajstić information content (AvgIpc) is 3.20. The van der Waals surface area contributed by atoms with Gasteiger partial charge >= 0.3 is 0 Å². The van der Waals surface area contributed by atoms with Gasteiger partial charge in [0.1, 0.15) is 17.3 Å². The first kappa shape index (κ1) is 21.9. The Labute approximate surface area is 187 Å². The zero-order valence-corrected chi connectivity index (χ0v) is 18.6. The molecule has 1 aliphatic heterocycles. The third-order valence-corrected chi connectivity index (χ3v) is 5.95. The molecule has 32 heavy (non-hydrogen) atoms. The molecule has 1 aliphatic rings. The van der Waals surface area contributed by atoms with Crippen LogP contribution < -0.4 is 4.90 Å². The number of carbonyl (C=O) groups is 2. The lowest BCUT2D eigenvalue weighted by molar-refractivity contribution is -0.126. The zero-order valence-electron chi connectivity index (χ0n) is 18.6. The van der Waals surface area contributed by atoms with Crippen LogP contribution >= 0.6 is 0 Å². The van der Waals surface area contributed by atoms with Crippen molar-refractivity contribution in [3.63, 3.8) is 0 Å². The van der Waals surface area contributed by atoms with Crippen molar-refractivity contribution in [1.29, 1.82) is 0 Å². The van der Waals surface area contributed by atoms with E-state index in [1.165, 1.54) is 17.0 Å². The van der Waals surface area contributed by atoms with Crippen LogP contribution in [0.25, 0.3) is 22.4 Å². The smallest absolute Gasteiger partial charge is 0.234 e. The molecule has 0 saturated carbocycles. The second-order valence-electron chi connectivity index (χ2n) is 8.10. The Hall–Kier alpha value is -3.35. The minimum atomic E-state index is -0.300. The van der Waals surface area contributed by atoms with Crippen molar-refractivity contribution in [2.24, 2.45) is 0 Å². The summed E-state index contributed by atoms with van der Waals surface area (Å²) in [6.45, 7) is 5.60. The number of aromatic nitrogens is 3. The number of anilines is 1. The standard InChI is InChI=1S/C25H27FN4O2/c1-4-22(31)29(23(32)5-2)21-15-18(13-14-27-21)24-20-8-6-7-16(3)30(20)28-25(24)17-9-11-19(26)12-10-17/h9-16H,4-8H2,1-3H3. The van der Waals surface area contributed by atoms with Gasteiger partial charge in [-0.15, -0.1) is 0 Å². The lowest BCUT2D eigenvalue weighted by atomic mass is 9.95. The second-order valence-corrected chi connectivity index (χ2v) is 8.10. The van der Waals surface area contributed by atoms with Crippen LogP contribution in [-0.4, -0.2) is 26.6 Å². The number of hydrogen-bond donors (Lipinski definition) is 0. The van der Waals surface area contributed by atoms with E-state index in [4.69, 9.17) is 5.10 Å². The molecule has 0 aliphatic carbocycles. The van der Waals surface area contributed by atoms with Crippen LogP contribution in [0.5, 0.6) is 0 Å². The molecular formula is C25H27FN4O2. The number of rotatable bonds is 5. The van der Waals surface area contributed by atoms with Crippen LogP contribution in [-0.2, 0) is 16.0 Å². The van der Waals surface area contributed by atoms with Crippen molar-refractivity contribution in [2.45, 2.75) is 58.9 Å². The van der Waals surface area contributed by atoms with Crippen molar-refractivity contribution in [1.82, 2.24) is 14.8 Å². The first-order valence-corrected chi connectivity index (χ1v) is 11.1. The predicted molar refractivity (Wildman–Crippen MR) is 122 cm³/mol. The molecule has 0 saturated heterocycles. The third-order valence-electron chi connectivity index (χ3n) is 5.95. The molecule has 6 nitrogen and oxygen atoms in total. The Morgan fingerprint density at radius 2 is 1.78 bits per heavy atom. The molecule has 1 unspecified atom stereocenters. The summed E-state index contributed by atoms with van der Waals surface area (Å²) in [4.78, 5) is 30.5. The van der Waals surface area contributed by atoms with Gasteiger partial charge in [0.05, 0.1) is 0 Å². The number of halogens is 1. The number of imide groups is 1. The lowest BCUT2D eigenvalue weighted by Gasteiger charge is -2.22. The van der Waals surface area contributed by atoms with Crippen LogP contribution in [0.2, 0.25) is 0 Å². The third kappa shape index (κ3) is 3.95. The number of fused-ring (bicyclic) bond motifs is 1. The highest BCUT2D eigenvalue weighted by molar-refractivity contribution is 6.14. The molecule has 0 bridgehead atoms. The van der Waals surface area contributed by atoms with Crippen molar-refractivity contribution >= 4 is 17.6 Å². The second kappa shape index (κ2) is 9.02. The normalized spacial score (nSPS) is 15.3. The maximum absolute atomic E-state index is 13.6. The summed E-state index contributed by atoms with van der Waals surface area (Å²) in [6, 6.07) is 10.2. The molecule has 0 fully saturated rings. The van der Waals surface area contributed by atoms with E-state index in [2.05, 4.69) is 16.6 Å². The Bertz CT molecular complexity index is 1140. The van der Waals surface area contributed by atoms with Crippen molar-refractivity contribution in [3.05, 3.63) is 54.1 Å². The van der Waals surface area contributed by atoms with E-state index in [1.54, 1.807) is 38.2 Å². The number of hydrogen-bond acceptors (Lipinski definition) is 4. The van der Waals surface area contributed by atoms with E-state index in [0.717, 1.165) is 47.3 Å². The van der Waals surface area contributed by atoms with Gasteiger partial charge < -0.3 is 0 Å². The zero-order chi connectivity index (χ0) is 22.8. The number of amides is 2. The monoisotopic (exact) mass is 434 g/mol. The topological polar surface area (TPSA) is 68.1 Å². The molecule has 3 heterocycles. The van der Waals surface area contributed by atoms with E-state index in [9.17, 15) is 14.0 Å². The average molecular weight is 435 g/mol. The molecule has 2 aromatic heterocycles. The molecule has 2 amide bonds. The summed E-state index contributed by atoms with van der Waals surface area (Å²) in [6.07, 6.45) is 5.00. The quantitative estimate of drug-likeness (QED) is 0.544. The van der Waals surface area contributed by atoms with Crippen molar-refractivity contribution in [2.75, 3.05) is 4.90 Å². The summed E-state index contributed by atoms with van der Waals surface area (Å²) < 4.78 is 15.6. The van der Waals surface area contributed by atoms with Crippen LogP contribution in [0, 0.1) is 5.82 Å². The van der Waals surface area contributed by atoms with Crippen molar-refractivity contribution < 1.29 is 14.0 Å². The van der Waals surface area contributed by atoms with E-state index < -0.39 is 0 Å². The summed E-state index contributed by atoms with van der Waals surface area (Å²) in [5.74, 6) is -0.558. The largest absolute Gasteiger partial charge is 0.274 e. The first-order valence-electron chi connectivity index (χ1n) is 11.1. The first-order chi connectivity index (χ1) is 15.4. The van der Waals surface area contributed by atoms with Gasteiger partial charge in [-0.25, -0.2) is 14.3 Å². The highest BCUT2D eigenvalue weighted by Crippen LogP contribution is 2.40. The molecule has 3 aromatic rings. The predicted octanol–water partition coefficient (Wildman–Crippen LogP) is 5.33. The number of nitrogens with zero attached hydrogens (tertiary/aromatic N) is 4. The molecule has 7 heteroatoms. The van der Waals surface area contributed by atoms with Crippen LogP contribution in [0.15, 0.2) is 42.6 Å². The van der Waals surface area contributed by atoms with Gasteiger partial charge in [0.15, 0.2) is 0 Å². The van der Waals surface area contributed by atoms with Gasteiger partial charge in [0.2, 0.25) is 11.8 Å². The fraction of sp³-hybridized carbons (Fsp3) is 0.360. The van der Waals surface area contributed by atoms with E-state index in [0.29, 0.717) is 5.82 Å². The lowest BCUT2D eigenvalue weighted by Crippen LogP contribution is -2.36. The molecular weight excluding hydrogens is 407 g/mol. The van der Waals surface area contributed by atoms with Gasteiger partial charge in [-0.05, 0) is 68.1 Å². The summed E-state index contributed by atoms with van der Waals surface area (Å²) >= 11 is 0. The van der Waals surface area contributed by atoms with E-state index in [1.807, 2.05) is 6.07 Å². The highest BCUT2D eigenvalue weighted by Gasteiger charge is 2.28. The molecule has 4 rings (SSSR count). The Balaban J connectivity index is 1.90. The minimum Gasteiger partial charge on any atom is -0.274 e. The minimum absolute atomic E-state index is 0.208. The van der Waals surface area contributed by atoms with Crippen LogP contribution in [0.4, 0.5) is 10.2 Å². The van der Waals surface area contributed by atoms with E-state index in [-0.39, 0.29) is 36.5 Å². The SMILES string of the molecule is CCC(=O)N(C(=O)CC)c1cc(-c2c(-c3ccc(F)cc3)nn3c2CCCC3C)ccn1. The molecule has 0 spiro atoms. The van der Waals surface area contributed by atoms with Gasteiger partial charge in [0, 0.05) is 41.9 Å². The van der Waals surface area contributed by atoms with Gasteiger partial charge in [-0.2, -0.15) is 5.10 Å². The maximum Gasteiger partial charge on any atom is 0.234 e. The summed E-state index contributed by atoms with van der Waals surface area (Å²) in [5.41, 5.74) is 4.47. The fourth-order valence-corrected chi connectivity index (χ4v) is 4.28. The molecule has 1 aromatic carbocycles. The highest BCUT2D eigenvalue weighted by atomic mass is 19.1. The van der Waals surface area contributed by atoms with Gasteiger partial charge in [-0.3, -0.25) is 14.3 Å². The Morgan fingerprint density at radius 1 is 1.09 bits per heavy atom. The van der Waals surface area contributed by atoms with E-state index >= 15 is 0 Å². The Kier molecular flexibility index (Phi) is 6.17. The maximum atomic E-state index is 13.6. The summed E-state index contributed by atoms with van der Waals surface area (Å²) in [5, 5.41) is 4.91. The Morgan fingerprint density at radius 3 is 2.44 bits per heavy atom. The molecule has 0 N–H and O–H groups in total. The fourth-order valence-electron chi connectivity index (χ4n) is 4.28. The molecule has 166 valence electrons. The van der Waals surface area contributed by atoms with Crippen molar-refractivity contribution in [3.8, 4) is 22.4 Å². The van der Waals surface area contributed by atoms with Crippen LogP contribution in [0.3, 0.4) is 0 Å². The molecule has 0 radical (unpaired) electrons. The number of carbonyl (C=O) groups excluding carboxylic acids is 2. The van der Waals surface area contributed by atoms with Gasteiger partial charge in [0.25, 0.3) is 0 Å². The number of benzene rings is 1. The molecule has 1 atom stereocenters. The van der Waals surface area contributed by atoms with Gasteiger partial charge in [-0.1, -0.05) is 13.8 Å².